The predicted octanol–water partition coefficient (Wildman–Crippen LogP) is 7.76. The fourth-order valence-corrected chi connectivity index (χ4v) is 26.5. The molecule has 2 aliphatic carbocycles. The Labute approximate surface area is 198 Å². The second-order valence-electron chi connectivity index (χ2n) is 12.5. The first-order chi connectivity index (χ1) is 15.6. The molecule has 2 aromatic rings. The van der Waals surface area contributed by atoms with Crippen LogP contribution in [-0.4, -0.2) is 6.88 Å². The van der Waals surface area contributed by atoms with E-state index in [2.05, 4.69) is 54.3 Å². The van der Waals surface area contributed by atoms with Gasteiger partial charge in [0.1, 0.15) is 0 Å². The van der Waals surface area contributed by atoms with Crippen LogP contribution in [0.25, 0.3) is 0 Å². The fraction of sp³-hybridized carbons (Fsp3) is 0.286. The quantitative estimate of drug-likeness (QED) is 0.337. The molecule has 2 aromatic carbocycles. The third-order valence-corrected chi connectivity index (χ3v) is 34.6. The van der Waals surface area contributed by atoms with Gasteiger partial charge in [0, 0.05) is 0 Å². The van der Waals surface area contributed by atoms with E-state index in [1.54, 1.807) is 24.3 Å². The average Bonchev–Trinajstić information content (AvgIpc) is 3.45. The van der Waals surface area contributed by atoms with E-state index >= 15 is 0 Å². The molecular weight excluding hydrogens is 526 g/mol. The SMILES string of the molecule is CC(C)(C)C1=CC[C]([Zr]([CH3])([CH3])(=[SiH2])([O]c2ccc(F)cc2)([O]c2ccc(F)cc2)[C]2=CC=CC2)=C1. The normalized spacial score (nSPS) is 19.3. The van der Waals surface area contributed by atoms with Crippen LogP contribution in [0.5, 0.6) is 11.5 Å². The van der Waals surface area contributed by atoms with E-state index in [9.17, 15) is 8.78 Å². The summed E-state index contributed by atoms with van der Waals surface area (Å²) in [6.07, 6.45) is 12.1. The molecule has 0 unspecified atom stereocenters. The summed E-state index contributed by atoms with van der Waals surface area (Å²) in [5, 5.41) is 0. The molecule has 0 bridgehead atoms. The van der Waals surface area contributed by atoms with Gasteiger partial charge in [-0.2, -0.15) is 0 Å². The topological polar surface area (TPSA) is 18.5 Å². The number of halogens is 2. The molecule has 4 rings (SSSR count). The summed E-state index contributed by atoms with van der Waals surface area (Å²) in [6.45, 7) is 8.41. The van der Waals surface area contributed by atoms with Crippen molar-refractivity contribution < 1.29 is 29.7 Å². The van der Waals surface area contributed by atoms with Crippen molar-refractivity contribution in [2.45, 2.75) is 42.9 Å². The average molecular weight is 560 g/mol. The molecule has 0 saturated carbocycles. The van der Waals surface area contributed by atoms with Crippen LogP contribution in [0.3, 0.4) is 0 Å². The minimum absolute atomic E-state index is 0.0450. The van der Waals surface area contributed by atoms with Gasteiger partial charge in [-0.25, -0.2) is 0 Å². The summed E-state index contributed by atoms with van der Waals surface area (Å²) in [5.41, 5.74) is 1.18. The Hall–Kier alpha value is -2.04. The predicted molar refractivity (Wildman–Crippen MR) is 136 cm³/mol. The minimum atomic E-state index is -6.13. The summed E-state index contributed by atoms with van der Waals surface area (Å²) in [4.78, 5) is 0. The summed E-state index contributed by atoms with van der Waals surface area (Å²) in [5.74, 6) is 0.435. The third-order valence-electron chi connectivity index (χ3n) is 7.80. The zero-order chi connectivity index (χ0) is 24.9. The van der Waals surface area contributed by atoms with E-state index in [1.165, 1.54) is 29.8 Å². The summed E-state index contributed by atoms with van der Waals surface area (Å²) in [7, 11) is 0. The molecule has 2 nitrogen and oxygen atoms in total. The van der Waals surface area contributed by atoms with Gasteiger partial charge < -0.3 is 0 Å². The molecule has 0 spiro atoms. The van der Waals surface area contributed by atoms with E-state index in [1.807, 2.05) is 13.0 Å². The Morgan fingerprint density at radius 2 is 1.29 bits per heavy atom. The van der Waals surface area contributed by atoms with Crippen molar-refractivity contribution in [3.8, 4) is 11.5 Å². The van der Waals surface area contributed by atoms with E-state index < -0.39 is 15.3 Å². The molecule has 0 saturated heterocycles. The number of allylic oxidation sites excluding steroid dienone is 8. The third kappa shape index (κ3) is 3.93. The Morgan fingerprint density at radius 1 is 0.794 bits per heavy atom. The van der Waals surface area contributed by atoms with Crippen LogP contribution in [0.2, 0.25) is 9.26 Å². The number of benzene rings is 2. The maximum atomic E-state index is 13.8. The number of hydrogen-bond acceptors (Lipinski definition) is 2. The van der Waals surface area contributed by atoms with Gasteiger partial charge in [0.25, 0.3) is 0 Å². The van der Waals surface area contributed by atoms with E-state index in [4.69, 9.17) is 5.63 Å². The van der Waals surface area contributed by atoms with Gasteiger partial charge in [-0.15, -0.1) is 0 Å². The van der Waals surface area contributed by atoms with Crippen molar-refractivity contribution in [2.75, 3.05) is 0 Å². The zero-order valence-electron chi connectivity index (χ0n) is 20.7. The molecule has 0 amide bonds. The van der Waals surface area contributed by atoms with Crippen LogP contribution in [0.1, 0.15) is 33.6 Å². The number of rotatable bonds is 6. The van der Waals surface area contributed by atoms with Crippen LogP contribution in [0.15, 0.2) is 91.0 Å². The van der Waals surface area contributed by atoms with Gasteiger partial charge in [0.15, 0.2) is 0 Å². The Balaban J connectivity index is 2.07. The Bertz CT molecular complexity index is 1350. The van der Waals surface area contributed by atoms with E-state index in [-0.39, 0.29) is 17.0 Å². The van der Waals surface area contributed by atoms with Gasteiger partial charge in [-0.05, 0) is 0 Å². The molecule has 0 aromatic heterocycles. The summed E-state index contributed by atoms with van der Waals surface area (Å²) < 4.78 is 48.7. The van der Waals surface area contributed by atoms with Gasteiger partial charge in [0.2, 0.25) is 0 Å². The summed E-state index contributed by atoms with van der Waals surface area (Å²) >= 11 is -6.13. The monoisotopic (exact) mass is 558 g/mol. The van der Waals surface area contributed by atoms with Crippen LogP contribution in [-0.2, 0) is 15.3 Å². The molecule has 2 aliphatic rings. The molecule has 0 fully saturated rings. The molecule has 0 heterocycles. The van der Waals surface area contributed by atoms with Gasteiger partial charge >= 0.3 is 199 Å². The molecule has 0 radical (unpaired) electrons. The van der Waals surface area contributed by atoms with E-state index in [0.29, 0.717) is 24.3 Å². The second-order valence-corrected chi connectivity index (χ2v) is 53.7. The van der Waals surface area contributed by atoms with Gasteiger partial charge in [0.05, 0.1) is 0 Å². The second kappa shape index (κ2) is 7.01. The van der Waals surface area contributed by atoms with Crippen LogP contribution in [0.4, 0.5) is 8.78 Å². The molecule has 180 valence electrons. The van der Waals surface area contributed by atoms with Crippen molar-refractivity contribution in [1.29, 1.82) is 0 Å². The standard InChI is InChI=1S/C9H13.2C6H5FO.C5H5.2CH3.H2Si.Zr/c1-9(2,3)8-6-4-5-7-8;2*7-5-1-3-6(8)4-2-5;1-2-4-5-3-1;;;;/h6-7H,4H2,1-3H3;2*1-4,8H;1-3H,4H2;2*1H3;1H2;/q;;;;;;;+2/p-2. The van der Waals surface area contributed by atoms with Crippen LogP contribution in [0, 0.1) is 17.0 Å². The van der Waals surface area contributed by atoms with Crippen molar-refractivity contribution in [3.63, 3.8) is 0 Å². The van der Waals surface area contributed by atoms with Gasteiger partial charge in [-0.1, -0.05) is 0 Å². The molecule has 6 heteroatoms. The molecule has 0 atom stereocenters. The molecular formula is C28H34F2O2SiZr. The molecule has 0 aliphatic heterocycles. The molecule has 0 N–H and O–H groups in total. The van der Waals surface area contributed by atoms with Crippen molar-refractivity contribution in [2.24, 2.45) is 5.41 Å². The summed E-state index contributed by atoms with van der Waals surface area (Å²) in [6, 6.07) is 12.3. The van der Waals surface area contributed by atoms with Crippen LogP contribution >= 0.6 is 0 Å². The van der Waals surface area contributed by atoms with Crippen LogP contribution < -0.4 is 5.63 Å². The van der Waals surface area contributed by atoms with E-state index in [0.717, 1.165) is 6.56 Å². The van der Waals surface area contributed by atoms with Crippen molar-refractivity contribution >= 4 is 6.88 Å². The first kappa shape index (κ1) is 25.1. The van der Waals surface area contributed by atoms with Crippen molar-refractivity contribution in [1.82, 2.24) is 0 Å². The molecule has 34 heavy (non-hydrogen) atoms. The number of hydrogen-bond donors (Lipinski definition) is 0. The first-order valence-electron chi connectivity index (χ1n) is 11.8. The first-order valence-corrected chi connectivity index (χ1v) is 27.1. The fourth-order valence-electron chi connectivity index (χ4n) is 5.41. The maximum absolute atomic E-state index is 13.8. The Kier molecular flexibility index (Phi) is 5.17. The van der Waals surface area contributed by atoms with Gasteiger partial charge in [-0.3, -0.25) is 0 Å². The van der Waals surface area contributed by atoms with Crippen molar-refractivity contribution in [3.05, 3.63) is 103 Å². The Morgan fingerprint density at radius 3 is 1.68 bits per heavy atom. The zero-order valence-corrected chi connectivity index (χ0v) is 24.6.